The van der Waals surface area contributed by atoms with E-state index >= 15 is 26.3 Å². The summed E-state index contributed by atoms with van der Waals surface area (Å²) in [6, 6.07) is -16.8. The molecule has 0 aliphatic carbocycles. The molecule has 310 valence electrons. The number of nitrogens with one attached hydrogen (secondary N) is 4. The summed E-state index contributed by atoms with van der Waals surface area (Å²) in [6.45, 7) is 0. The quantitative estimate of drug-likeness (QED) is 0.207. The van der Waals surface area contributed by atoms with E-state index < -0.39 is 172 Å². The molecule has 8 bridgehead atoms. The Balaban J connectivity index is 1.67. The summed E-state index contributed by atoms with van der Waals surface area (Å²) in [5.41, 5.74) is 0. The van der Waals surface area contributed by atoms with Crippen molar-refractivity contribution in [1.82, 2.24) is 21.3 Å². The van der Waals surface area contributed by atoms with Gasteiger partial charge in [0.2, 0.25) is 0 Å². The minimum atomic E-state index is -7.08. The van der Waals surface area contributed by atoms with Crippen LogP contribution in [0.15, 0.2) is 0 Å². The smallest absolute Gasteiger partial charge is 0.310 e. The van der Waals surface area contributed by atoms with Crippen LogP contribution in [0.2, 0.25) is 0 Å². The van der Waals surface area contributed by atoms with E-state index in [1.165, 1.54) is 0 Å². The molecule has 0 aromatic rings. The van der Waals surface area contributed by atoms with E-state index in [0.717, 1.165) is 0 Å². The lowest BCUT2D eigenvalue weighted by Crippen LogP contribution is -2.66. The number of hydrogen-bond acceptors (Lipinski definition) is 4. The number of hydrogen-bond donors (Lipinski definition) is 4. The molecule has 4 nitrogen and oxygen atoms in total. The SMILES string of the molecule is FC(F)(F)C(F)(F)C(F)(F)C1C2CCC(N2)C2CCC(N2)C(C(F)(F)C(F)(F)C(F)(F)F)C2CCC(N2)C(C(F)(F)C(F)(F)C(F)(F)F)C2CCC1N2. The first-order chi connectivity index (χ1) is 23.7. The predicted octanol–water partition coefficient (Wildman–Crippen LogP) is 7.83. The Bertz CT molecular complexity index is 1250. The Labute approximate surface area is 285 Å². The summed E-state index contributed by atoms with van der Waals surface area (Å²) in [5, 5.41) is 8.36. The van der Waals surface area contributed by atoms with Gasteiger partial charge in [0.1, 0.15) is 0 Å². The topological polar surface area (TPSA) is 48.1 Å². The highest BCUT2D eigenvalue weighted by molar-refractivity contribution is 5.16. The van der Waals surface area contributed by atoms with Crippen molar-refractivity contribution in [3.63, 3.8) is 0 Å². The van der Waals surface area contributed by atoms with Crippen LogP contribution in [0.3, 0.4) is 0 Å². The number of alkyl halides is 21. The van der Waals surface area contributed by atoms with E-state index in [9.17, 15) is 65.9 Å². The van der Waals surface area contributed by atoms with Gasteiger partial charge in [-0.05, 0) is 51.4 Å². The minimum absolute atomic E-state index is 0.419. The van der Waals surface area contributed by atoms with Crippen LogP contribution in [-0.2, 0) is 0 Å². The van der Waals surface area contributed by atoms with Crippen molar-refractivity contribution in [1.29, 1.82) is 0 Å². The van der Waals surface area contributed by atoms with Crippen LogP contribution < -0.4 is 21.3 Å². The van der Waals surface area contributed by atoms with Gasteiger partial charge in [-0.1, -0.05) is 0 Å². The molecule has 5 heterocycles. The first-order valence-corrected chi connectivity index (χ1v) is 16.2. The van der Waals surface area contributed by atoms with Gasteiger partial charge >= 0.3 is 54.1 Å². The van der Waals surface area contributed by atoms with Gasteiger partial charge in [-0.15, -0.1) is 0 Å². The van der Waals surface area contributed by atoms with Gasteiger partial charge in [0.15, 0.2) is 0 Å². The second-order valence-corrected chi connectivity index (χ2v) is 14.5. The molecule has 10 atom stereocenters. The zero-order valence-electron chi connectivity index (χ0n) is 26.4. The van der Waals surface area contributed by atoms with Gasteiger partial charge in [-0.3, -0.25) is 0 Å². The van der Waals surface area contributed by atoms with Crippen LogP contribution >= 0.6 is 0 Å². The fourth-order valence-corrected chi connectivity index (χ4v) is 9.09. The van der Waals surface area contributed by atoms with Crippen LogP contribution in [0, 0.1) is 17.8 Å². The zero-order valence-corrected chi connectivity index (χ0v) is 26.4. The third-order valence-corrected chi connectivity index (χ3v) is 11.5. The number of fused-ring (bicyclic) bond motifs is 9. The van der Waals surface area contributed by atoms with Crippen LogP contribution in [0.25, 0.3) is 0 Å². The molecule has 0 saturated carbocycles. The highest BCUT2D eigenvalue weighted by Gasteiger charge is 2.80. The third-order valence-electron chi connectivity index (χ3n) is 11.5. The molecule has 4 N–H and O–H groups in total. The van der Waals surface area contributed by atoms with E-state index in [2.05, 4.69) is 10.6 Å². The zero-order chi connectivity index (χ0) is 40.3. The Hall–Kier alpha value is -1.63. The van der Waals surface area contributed by atoms with Crippen LogP contribution in [-0.4, -0.2) is 102 Å². The Morgan fingerprint density at radius 3 is 0.566 bits per heavy atom. The van der Waals surface area contributed by atoms with Gasteiger partial charge in [-0.2, -0.15) is 92.2 Å². The first kappa shape index (κ1) is 42.5. The van der Waals surface area contributed by atoms with Crippen LogP contribution in [0.5, 0.6) is 0 Å². The molecule has 5 aliphatic rings. The summed E-state index contributed by atoms with van der Waals surface area (Å²) in [7, 11) is 0. The minimum Gasteiger partial charge on any atom is -0.310 e. The molecule has 53 heavy (non-hydrogen) atoms. The van der Waals surface area contributed by atoms with E-state index in [-0.39, 0.29) is 0 Å². The molecular weight excluding hydrogens is 791 g/mol. The molecule has 0 radical (unpaired) electrons. The molecule has 10 unspecified atom stereocenters. The predicted molar refractivity (Wildman–Crippen MR) is 138 cm³/mol. The molecule has 0 amide bonds. The number of rotatable bonds is 6. The van der Waals surface area contributed by atoms with Gasteiger partial charge in [0, 0.05) is 48.3 Å². The average molecular weight is 823 g/mol. The van der Waals surface area contributed by atoms with Gasteiger partial charge in [0.05, 0.1) is 17.8 Å². The van der Waals surface area contributed by atoms with Crippen molar-refractivity contribution in [2.75, 3.05) is 0 Å². The van der Waals surface area contributed by atoms with Crippen molar-refractivity contribution in [2.45, 2.75) is 154 Å². The van der Waals surface area contributed by atoms with E-state index in [0.29, 0.717) is 0 Å². The van der Waals surface area contributed by atoms with Gasteiger partial charge < -0.3 is 21.3 Å². The summed E-state index contributed by atoms with van der Waals surface area (Å²) >= 11 is 0. The van der Waals surface area contributed by atoms with Gasteiger partial charge in [0.25, 0.3) is 0 Å². The molecule has 0 aromatic heterocycles. The van der Waals surface area contributed by atoms with Crippen molar-refractivity contribution in [3.05, 3.63) is 0 Å². The summed E-state index contributed by atoms with van der Waals surface area (Å²) < 4.78 is 301. The molecule has 5 saturated heterocycles. The maximum absolute atomic E-state index is 15.7. The Morgan fingerprint density at radius 2 is 0.396 bits per heavy atom. The van der Waals surface area contributed by atoms with Crippen LogP contribution in [0.1, 0.15) is 51.4 Å². The standard InChI is InChI=1S/C28H31F21N4/c29-20(30,23(35,36)26(41,42)43)17-11-3-1-9(50-11)10-2-4-12(51-10)18(21(31,32)24(37,38)27(44,45)46)14-6-8-16(53-14)19(15-7-5-13(17)52-15)22(33,34)25(39,40)28(47,48)49/h9-19,50-53H,1-8H2. The van der Waals surface area contributed by atoms with Gasteiger partial charge in [-0.25, -0.2) is 0 Å². The normalized spacial score (nSPS) is 37.2. The summed E-state index contributed by atoms with van der Waals surface area (Å²) in [4.78, 5) is 0. The molecule has 25 heteroatoms. The van der Waals surface area contributed by atoms with Crippen LogP contribution in [0.4, 0.5) is 92.2 Å². The largest absolute Gasteiger partial charge is 0.459 e. The lowest BCUT2D eigenvalue weighted by molar-refractivity contribution is -0.370. The maximum atomic E-state index is 15.7. The summed E-state index contributed by atoms with van der Waals surface area (Å²) in [6.07, 6.45) is -27.7. The van der Waals surface area contributed by atoms with Crippen molar-refractivity contribution >= 4 is 0 Å². The molecule has 5 fully saturated rings. The van der Waals surface area contributed by atoms with E-state index in [4.69, 9.17) is 0 Å². The van der Waals surface area contributed by atoms with Crippen molar-refractivity contribution in [3.8, 4) is 0 Å². The van der Waals surface area contributed by atoms with E-state index in [1.807, 2.05) is 10.6 Å². The molecule has 0 aromatic carbocycles. The maximum Gasteiger partial charge on any atom is 0.459 e. The Morgan fingerprint density at radius 1 is 0.245 bits per heavy atom. The third kappa shape index (κ3) is 6.53. The highest BCUT2D eigenvalue weighted by Crippen LogP contribution is 2.58. The molecular formula is C28H31F21N4. The fourth-order valence-electron chi connectivity index (χ4n) is 9.09. The molecule has 0 spiro atoms. The van der Waals surface area contributed by atoms with Crippen molar-refractivity contribution < 1.29 is 92.2 Å². The second-order valence-electron chi connectivity index (χ2n) is 14.5. The lowest BCUT2D eigenvalue weighted by Gasteiger charge is -2.43. The number of halogens is 21. The summed E-state index contributed by atoms with van der Waals surface area (Å²) in [5.74, 6) is -49.3. The van der Waals surface area contributed by atoms with E-state index in [1.54, 1.807) is 0 Å². The Kier molecular flexibility index (Phi) is 10.4. The monoisotopic (exact) mass is 822 g/mol. The first-order valence-electron chi connectivity index (χ1n) is 16.2. The molecule has 5 aliphatic heterocycles. The molecule has 5 rings (SSSR count). The second kappa shape index (κ2) is 12.9. The lowest BCUT2D eigenvalue weighted by atomic mass is 9.80. The average Bonchev–Trinajstić information content (AvgIpc) is 3.80. The van der Waals surface area contributed by atoms with Crippen molar-refractivity contribution in [2.24, 2.45) is 17.8 Å². The fraction of sp³-hybridized carbons (Fsp3) is 1.00. The highest BCUT2D eigenvalue weighted by atomic mass is 19.4.